The molecule has 0 aromatic heterocycles. The Labute approximate surface area is 105 Å². The van der Waals surface area contributed by atoms with Crippen LogP contribution in [0.3, 0.4) is 0 Å². The van der Waals surface area contributed by atoms with Crippen molar-refractivity contribution in [1.29, 1.82) is 0 Å². The molecule has 2 heteroatoms. The van der Waals surface area contributed by atoms with Gasteiger partial charge in [0, 0.05) is 31.7 Å². The van der Waals surface area contributed by atoms with Gasteiger partial charge in [0.25, 0.3) is 0 Å². The minimum absolute atomic E-state index is 0.675. The molecule has 94 valence electrons. The predicted octanol–water partition coefficient (Wildman–Crippen LogP) is 2.30. The maximum absolute atomic E-state index is 3.45. The lowest BCUT2D eigenvalue weighted by atomic mass is 10.0. The van der Waals surface area contributed by atoms with Gasteiger partial charge in [-0.2, -0.15) is 0 Å². The third kappa shape index (κ3) is 3.55. The number of hydrogen-bond acceptors (Lipinski definition) is 2. The summed E-state index contributed by atoms with van der Waals surface area (Å²) in [5.41, 5.74) is 1.46. The summed E-state index contributed by atoms with van der Waals surface area (Å²) in [4.78, 5) is 2.64. The van der Waals surface area contributed by atoms with E-state index in [1.165, 1.54) is 24.9 Å². The summed E-state index contributed by atoms with van der Waals surface area (Å²) in [6.45, 7) is 8.16. The standard InChI is InChI=1S/C15H24N2/c1-13(17-11-10-16-12-14(17)2)8-9-15-6-4-3-5-7-15/h3-7,13-14,16H,8-12H2,1-2H3. The quantitative estimate of drug-likeness (QED) is 0.857. The van der Waals surface area contributed by atoms with E-state index < -0.39 is 0 Å². The van der Waals surface area contributed by atoms with Gasteiger partial charge in [-0.1, -0.05) is 30.3 Å². The van der Waals surface area contributed by atoms with E-state index in [4.69, 9.17) is 0 Å². The Bertz CT molecular complexity index is 323. The molecule has 1 aromatic rings. The molecule has 0 radical (unpaired) electrons. The molecule has 1 N–H and O–H groups in total. The van der Waals surface area contributed by atoms with Gasteiger partial charge in [-0.25, -0.2) is 0 Å². The van der Waals surface area contributed by atoms with Crippen LogP contribution < -0.4 is 5.32 Å². The van der Waals surface area contributed by atoms with Gasteiger partial charge in [-0.15, -0.1) is 0 Å². The average molecular weight is 232 g/mol. The van der Waals surface area contributed by atoms with E-state index >= 15 is 0 Å². The molecule has 2 rings (SSSR count). The van der Waals surface area contributed by atoms with Crippen molar-refractivity contribution in [3.8, 4) is 0 Å². The minimum Gasteiger partial charge on any atom is -0.314 e. The smallest absolute Gasteiger partial charge is 0.0195 e. The summed E-state index contributed by atoms with van der Waals surface area (Å²) in [5.74, 6) is 0. The summed E-state index contributed by atoms with van der Waals surface area (Å²) < 4.78 is 0. The third-order valence-electron chi connectivity index (χ3n) is 3.81. The second-order valence-electron chi connectivity index (χ2n) is 5.16. The SMILES string of the molecule is CC(CCc1ccccc1)N1CCNCC1C. The molecule has 0 spiro atoms. The first-order chi connectivity index (χ1) is 8.27. The predicted molar refractivity (Wildman–Crippen MR) is 73.3 cm³/mol. The van der Waals surface area contributed by atoms with Gasteiger partial charge in [0.05, 0.1) is 0 Å². The van der Waals surface area contributed by atoms with Crippen molar-refractivity contribution in [1.82, 2.24) is 10.2 Å². The number of aryl methyl sites for hydroxylation is 1. The molecule has 2 atom stereocenters. The first-order valence-corrected chi connectivity index (χ1v) is 6.78. The zero-order valence-corrected chi connectivity index (χ0v) is 11.0. The van der Waals surface area contributed by atoms with Crippen LogP contribution in [0.1, 0.15) is 25.8 Å². The molecule has 2 unspecified atom stereocenters. The Morgan fingerprint density at radius 2 is 2.12 bits per heavy atom. The van der Waals surface area contributed by atoms with E-state index in [0.29, 0.717) is 12.1 Å². The van der Waals surface area contributed by atoms with E-state index in [1.807, 2.05) is 0 Å². The number of piperazine rings is 1. The lowest BCUT2D eigenvalue weighted by Crippen LogP contribution is -2.53. The van der Waals surface area contributed by atoms with E-state index in [-0.39, 0.29) is 0 Å². The van der Waals surface area contributed by atoms with E-state index in [0.717, 1.165) is 13.1 Å². The molecular weight excluding hydrogens is 208 g/mol. The summed E-state index contributed by atoms with van der Waals surface area (Å²) >= 11 is 0. The summed E-state index contributed by atoms with van der Waals surface area (Å²) in [7, 11) is 0. The molecule has 0 aliphatic carbocycles. The Kier molecular flexibility index (Phi) is 4.57. The number of hydrogen-bond donors (Lipinski definition) is 1. The Morgan fingerprint density at radius 3 is 2.82 bits per heavy atom. The van der Waals surface area contributed by atoms with Crippen LogP contribution in [0, 0.1) is 0 Å². The normalized spacial score (nSPS) is 23.5. The van der Waals surface area contributed by atoms with Crippen LogP contribution in [0.4, 0.5) is 0 Å². The Balaban J connectivity index is 1.82. The van der Waals surface area contributed by atoms with Gasteiger partial charge in [0.15, 0.2) is 0 Å². The highest BCUT2D eigenvalue weighted by Crippen LogP contribution is 2.13. The first-order valence-electron chi connectivity index (χ1n) is 6.78. The maximum Gasteiger partial charge on any atom is 0.0195 e. The lowest BCUT2D eigenvalue weighted by Gasteiger charge is -2.38. The molecule has 1 aromatic carbocycles. The van der Waals surface area contributed by atoms with Crippen molar-refractivity contribution in [3.63, 3.8) is 0 Å². The number of rotatable bonds is 4. The Morgan fingerprint density at radius 1 is 1.35 bits per heavy atom. The topological polar surface area (TPSA) is 15.3 Å². The highest BCUT2D eigenvalue weighted by molar-refractivity contribution is 5.14. The monoisotopic (exact) mass is 232 g/mol. The van der Waals surface area contributed by atoms with Gasteiger partial charge in [-0.05, 0) is 32.3 Å². The summed E-state index contributed by atoms with van der Waals surface area (Å²) in [5, 5.41) is 3.45. The highest BCUT2D eigenvalue weighted by Gasteiger charge is 2.22. The van der Waals surface area contributed by atoms with Gasteiger partial charge in [0.2, 0.25) is 0 Å². The van der Waals surface area contributed by atoms with E-state index in [2.05, 4.69) is 54.4 Å². The molecule has 1 fully saturated rings. The second kappa shape index (κ2) is 6.18. The van der Waals surface area contributed by atoms with Crippen molar-refractivity contribution in [3.05, 3.63) is 35.9 Å². The fraction of sp³-hybridized carbons (Fsp3) is 0.600. The Hall–Kier alpha value is -0.860. The zero-order chi connectivity index (χ0) is 12.1. The van der Waals surface area contributed by atoms with Crippen LogP contribution in [-0.2, 0) is 6.42 Å². The van der Waals surface area contributed by atoms with Crippen LogP contribution >= 0.6 is 0 Å². The number of benzene rings is 1. The molecule has 2 nitrogen and oxygen atoms in total. The molecule has 0 bridgehead atoms. The first kappa shape index (κ1) is 12.6. The second-order valence-corrected chi connectivity index (χ2v) is 5.16. The molecule has 0 saturated carbocycles. The van der Waals surface area contributed by atoms with Crippen LogP contribution in [0.5, 0.6) is 0 Å². The van der Waals surface area contributed by atoms with Crippen LogP contribution in [0.2, 0.25) is 0 Å². The minimum atomic E-state index is 0.675. The van der Waals surface area contributed by atoms with Gasteiger partial charge >= 0.3 is 0 Å². The van der Waals surface area contributed by atoms with Gasteiger partial charge < -0.3 is 5.32 Å². The van der Waals surface area contributed by atoms with Gasteiger partial charge in [0.1, 0.15) is 0 Å². The van der Waals surface area contributed by atoms with Crippen molar-refractivity contribution in [2.45, 2.75) is 38.8 Å². The number of nitrogens with zero attached hydrogens (tertiary/aromatic N) is 1. The largest absolute Gasteiger partial charge is 0.314 e. The molecule has 1 aliphatic heterocycles. The molecule has 1 aliphatic rings. The van der Waals surface area contributed by atoms with Crippen LogP contribution in [0.25, 0.3) is 0 Å². The fourth-order valence-corrected chi connectivity index (χ4v) is 2.70. The average Bonchev–Trinajstić information content (AvgIpc) is 2.38. The van der Waals surface area contributed by atoms with Crippen molar-refractivity contribution >= 4 is 0 Å². The zero-order valence-electron chi connectivity index (χ0n) is 11.0. The van der Waals surface area contributed by atoms with Crippen molar-refractivity contribution < 1.29 is 0 Å². The molecule has 1 saturated heterocycles. The van der Waals surface area contributed by atoms with Crippen molar-refractivity contribution in [2.75, 3.05) is 19.6 Å². The van der Waals surface area contributed by atoms with Gasteiger partial charge in [-0.3, -0.25) is 4.90 Å². The fourth-order valence-electron chi connectivity index (χ4n) is 2.70. The summed E-state index contributed by atoms with van der Waals surface area (Å²) in [6.07, 6.45) is 2.45. The lowest BCUT2D eigenvalue weighted by molar-refractivity contribution is 0.120. The maximum atomic E-state index is 3.45. The number of nitrogens with one attached hydrogen (secondary N) is 1. The van der Waals surface area contributed by atoms with E-state index in [9.17, 15) is 0 Å². The van der Waals surface area contributed by atoms with Crippen LogP contribution in [0.15, 0.2) is 30.3 Å². The molecule has 0 amide bonds. The summed E-state index contributed by atoms with van der Waals surface area (Å²) in [6, 6.07) is 12.2. The molecule has 17 heavy (non-hydrogen) atoms. The molecular formula is C15H24N2. The third-order valence-corrected chi connectivity index (χ3v) is 3.81. The van der Waals surface area contributed by atoms with Crippen LogP contribution in [-0.4, -0.2) is 36.6 Å². The van der Waals surface area contributed by atoms with E-state index in [1.54, 1.807) is 0 Å². The highest BCUT2D eigenvalue weighted by atomic mass is 15.2. The van der Waals surface area contributed by atoms with Crippen molar-refractivity contribution in [2.24, 2.45) is 0 Å². The molecule has 1 heterocycles.